The van der Waals surface area contributed by atoms with Gasteiger partial charge in [0.25, 0.3) is 0 Å². The van der Waals surface area contributed by atoms with E-state index in [9.17, 15) is 0 Å². The minimum Gasteiger partial charge on any atom is -0.455 e. The Morgan fingerprint density at radius 1 is 0.535 bits per heavy atom. The Morgan fingerprint density at radius 3 is 2.05 bits per heavy atom. The van der Waals surface area contributed by atoms with Crippen molar-refractivity contribution in [2.45, 2.75) is 12.8 Å². The fourth-order valence-electron chi connectivity index (χ4n) is 6.04. The summed E-state index contributed by atoms with van der Waals surface area (Å²) in [5.74, 6) is 0.699. The number of para-hydroxylation sites is 1. The molecule has 3 nitrogen and oxygen atoms in total. The highest BCUT2D eigenvalue weighted by Gasteiger charge is 2.18. The van der Waals surface area contributed by atoms with E-state index in [2.05, 4.69) is 103 Å². The maximum Gasteiger partial charge on any atom is 0.160 e. The molecule has 0 radical (unpaired) electrons. The summed E-state index contributed by atoms with van der Waals surface area (Å²) in [5.41, 5.74) is 11.3. The molecule has 0 unspecified atom stereocenters. The maximum atomic E-state index is 6.64. The molecule has 8 rings (SSSR count). The van der Waals surface area contributed by atoms with Gasteiger partial charge in [0.2, 0.25) is 0 Å². The van der Waals surface area contributed by atoms with Crippen molar-refractivity contribution in [2.75, 3.05) is 0 Å². The van der Waals surface area contributed by atoms with Gasteiger partial charge in [0.05, 0.1) is 11.4 Å². The van der Waals surface area contributed by atoms with E-state index >= 15 is 0 Å². The molecular formula is C40H28N2O. The molecule has 1 aliphatic rings. The Bertz CT molecular complexity index is 2110. The van der Waals surface area contributed by atoms with E-state index in [-0.39, 0.29) is 0 Å². The number of furan rings is 1. The Hall–Kier alpha value is -5.54. The lowest BCUT2D eigenvalue weighted by Crippen LogP contribution is -1.96. The summed E-state index contributed by atoms with van der Waals surface area (Å²) in [4.78, 5) is 10.1. The highest BCUT2D eigenvalue weighted by molar-refractivity contribution is 6.15. The van der Waals surface area contributed by atoms with Crippen molar-refractivity contribution >= 4 is 27.5 Å². The van der Waals surface area contributed by atoms with Gasteiger partial charge in [-0.05, 0) is 47.7 Å². The summed E-state index contributed by atoms with van der Waals surface area (Å²) in [6.07, 6.45) is 8.99. The lowest BCUT2D eigenvalue weighted by atomic mass is 9.94. The van der Waals surface area contributed by atoms with E-state index in [1.165, 1.54) is 11.1 Å². The first-order valence-corrected chi connectivity index (χ1v) is 14.7. The summed E-state index contributed by atoms with van der Waals surface area (Å²) in [5, 5.41) is 2.14. The quantitative estimate of drug-likeness (QED) is 0.213. The fraction of sp³-hybridized carbons (Fsp3) is 0.0500. The van der Waals surface area contributed by atoms with Crippen LogP contribution in [0, 0.1) is 0 Å². The molecule has 3 heteroatoms. The minimum atomic E-state index is 0.699. The number of benzene rings is 5. The lowest BCUT2D eigenvalue weighted by Gasteiger charge is -2.10. The smallest absolute Gasteiger partial charge is 0.160 e. The van der Waals surface area contributed by atoms with Crippen molar-refractivity contribution in [1.29, 1.82) is 0 Å². The van der Waals surface area contributed by atoms with E-state index in [0.29, 0.717) is 5.82 Å². The predicted molar refractivity (Wildman–Crippen MR) is 177 cm³/mol. The molecule has 2 aromatic heterocycles. The third-order valence-corrected chi connectivity index (χ3v) is 8.13. The molecule has 2 heterocycles. The predicted octanol–water partition coefficient (Wildman–Crippen LogP) is 10.8. The van der Waals surface area contributed by atoms with Crippen LogP contribution >= 0.6 is 0 Å². The molecule has 43 heavy (non-hydrogen) atoms. The van der Waals surface area contributed by atoms with Crippen LogP contribution in [0.4, 0.5) is 0 Å². The van der Waals surface area contributed by atoms with Gasteiger partial charge in [0.15, 0.2) is 5.82 Å². The maximum absolute atomic E-state index is 6.64. The van der Waals surface area contributed by atoms with Crippen LogP contribution in [0.25, 0.3) is 72.5 Å². The number of nitrogens with zero attached hydrogens (tertiary/aromatic N) is 2. The molecule has 0 fully saturated rings. The van der Waals surface area contributed by atoms with Crippen molar-refractivity contribution in [2.24, 2.45) is 0 Å². The van der Waals surface area contributed by atoms with Crippen LogP contribution in [-0.2, 0) is 0 Å². The number of aromatic nitrogens is 2. The van der Waals surface area contributed by atoms with Crippen molar-refractivity contribution < 1.29 is 4.42 Å². The first-order chi connectivity index (χ1) is 21.3. The average Bonchev–Trinajstić information content (AvgIpc) is 3.49. The molecule has 0 N–H and O–H groups in total. The van der Waals surface area contributed by atoms with Gasteiger partial charge >= 0.3 is 0 Å². The van der Waals surface area contributed by atoms with Crippen LogP contribution in [0.3, 0.4) is 0 Å². The molecule has 7 aromatic rings. The van der Waals surface area contributed by atoms with Crippen LogP contribution < -0.4 is 0 Å². The van der Waals surface area contributed by atoms with E-state index in [0.717, 1.165) is 74.0 Å². The zero-order chi connectivity index (χ0) is 28.6. The van der Waals surface area contributed by atoms with E-state index in [1.54, 1.807) is 0 Å². The Morgan fingerprint density at radius 2 is 1.23 bits per heavy atom. The van der Waals surface area contributed by atoms with Gasteiger partial charge < -0.3 is 4.42 Å². The number of hydrogen-bond donors (Lipinski definition) is 0. The standard InChI is InChI=1S/C40H28N2O/c1-4-13-27(14-5-1)30-19-10-20-31(25-30)32-21-11-23-34-38-33(22-12-24-37(38)43-39(32)34)36-26-35(28-15-6-2-7-16-28)41-40(42-36)29-17-8-3-9-18-29/h2-4,6-26H,1,5H2. The molecule has 0 saturated carbocycles. The molecule has 0 atom stereocenters. The number of rotatable bonds is 5. The molecular weight excluding hydrogens is 524 g/mol. The largest absolute Gasteiger partial charge is 0.455 e. The van der Waals surface area contributed by atoms with Crippen molar-refractivity contribution in [3.63, 3.8) is 0 Å². The average molecular weight is 553 g/mol. The fourth-order valence-corrected chi connectivity index (χ4v) is 6.04. The summed E-state index contributed by atoms with van der Waals surface area (Å²) < 4.78 is 6.64. The monoisotopic (exact) mass is 552 g/mol. The summed E-state index contributed by atoms with van der Waals surface area (Å²) in [7, 11) is 0. The zero-order valence-electron chi connectivity index (χ0n) is 23.6. The minimum absolute atomic E-state index is 0.699. The molecule has 5 aromatic carbocycles. The zero-order valence-corrected chi connectivity index (χ0v) is 23.6. The van der Waals surface area contributed by atoms with Crippen LogP contribution in [0.1, 0.15) is 18.4 Å². The highest BCUT2D eigenvalue weighted by Crippen LogP contribution is 2.41. The van der Waals surface area contributed by atoms with Gasteiger partial charge in [-0.25, -0.2) is 9.97 Å². The SMILES string of the molecule is C1=CC(c2cccc(-c3cccc4c3oc3cccc(-c5cc(-c6ccccc6)nc(-c6ccccc6)n5)c34)c2)=CCC1. The molecule has 1 aliphatic carbocycles. The van der Waals surface area contributed by atoms with Crippen molar-refractivity contribution in [3.05, 3.63) is 151 Å². The van der Waals surface area contributed by atoms with Gasteiger partial charge in [-0.1, -0.05) is 127 Å². The highest BCUT2D eigenvalue weighted by atomic mass is 16.3. The van der Waals surface area contributed by atoms with Gasteiger partial charge in [0, 0.05) is 33.0 Å². The van der Waals surface area contributed by atoms with E-state index < -0.39 is 0 Å². The number of hydrogen-bond acceptors (Lipinski definition) is 3. The van der Waals surface area contributed by atoms with Crippen molar-refractivity contribution in [3.8, 4) is 45.0 Å². The lowest BCUT2D eigenvalue weighted by molar-refractivity contribution is 0.670. The van der Waals surface area contributed by atoms with Crippen LogP contribution in [0.2, 0.25) is 0 Å². The molecule has 204 valence electrons. The number of fused-ring (bicyclic) bond motifs is 3. The molecule has 0 saturated heterocycles. The summed E-state index contributed by atoms with van der Waals surface area (Å²) >= 11 is 0. The van der Waals surface area contributed by atoms with Crippen LogP contribution in [-0.4, -0.2) is 9.97 Å². The summed E-state index contributed by atoms with van der Waals surface area (Å²) in [6.45, 7) is 0. The topological polar surface area (TPSA) is 38.9 Å². The molecule has 0 aliphatic heterocycles. The number of allylic oxidation sites excluding steroid dienone is 4. The summed E-state index contributed by atoms with van der Waals surface area (Å²) in [6, 6.07) is 44.0. The van der Waals surface area contributed by atoms with Gasteiger partial charge in [-0.3, -0.25) is 0 Å². The van der Waals surface area contributed by atoms with Gasteiger partial charge in [-0.2, -0.15) is 0 Å². The van der Waals surface area contributed by atoms with Gasteiger partial charge in [-0.15, -0.1) is 0 Å². The second-order valence-corrected chi connectivity index (χ2v) is 10.9. The van der Waals surface area contributed by atoms with Crippen LogP contribution in [0.15, 0.2) is 150 Å². The second kappa shape index (κ2) is 10.7. The van der Waals surface area contributed by atoms with Gasteiger partial charge in [0.1, 0.15) is 11.2 Å². The first-order valence-electron chi connectivity index (χ1n) is 14.7. The third kappa shape index (κ3) is 4.65. The second-order valence-electron chi connectivity index (χ2n) is 10.9. The third-order valence-electron chi connectivity index (χ3n) is 8.13. The van der Waals surface area contributed by atoms with Crippen LogP contribution in [0.5, 0.6) is 0 Å². The molecule has 0 spiro atoms. The first kappa shape index (κ1) is 25.2. The molecule has 0 amide bonds. The Balaban J connectivity index is 1.32. The molecule has 0 bridgehead atoms. The van der Waals surface area contributed by atoms with E-state index in [4.69, 9.17) is 14.4 Å². The van der Waals surface area contributed by atoms with Crippen molar-refractivity contribution in [1.82, 2.24) is 9.97 Å². The normalized spacial score (nSPS) is 13.0. The Kier molecular flexibility index (Phi) is 6.27. The Labute approximate surface area is 250 Å². The van der Waals surface area contributed by atoms with E-state index in [1.807, 2.05) is 42.5 Å².